The zero-order chi connectivity index (χ0) is 13.0. The van der Waals surface area contributed by atoms with Gasteiger partial charge in [-0.3, -0.25) is 9.59 Å². The van der Waals surface area contributed by atoms with Crippen molar-refractivity contribution in [2.75, 3.05) is 0 Å². The van der Waals surface area contributed by atoms with Gasteiger partial charge in [-0.2, -0.15) is 0 Å². The average Bonchev–Trinajstić information content (AvgIpc) is 2.30. The molecule has 0 spiro atoms. The van der Waals surface area contributed by atoms with Gasteiger partial charge in [-0.1, -0.05) is 26.7 Å². The highest BCUT2D eigenvalue weighted by Gasteiger charge is 2.39. The zero-order valence-electron chi connectivity index (χ0n) is 11.3. The van der Waals surface area contributed by atoms with Crippen LogP contribution >= 0.6 is 0 Å². The van der Waals surface area contributed by atoms with Crippen LogP contribution in [-0.4, -0.2) is 34.8 Å². The first-order valence-electron chi connectivity index (χ1n) is 6.65. The van der Waals surface area contributed by atoms with Gasteiger partial charge in [-0.15, -0.1) is 0 Å². The maximum Gasteiger partial charge on any atom is 0.245 e. The first-order chi connectivity index (χ1) is 8.02. The summed E-state index contributed by atoms with van der Waals surface area (Å²) in [6.45, 7) is 7.89. The molecule has 3 unspecified atom stereocenters. The number of piperazine rings is 1. The maximum atomic E-state index is 12.2. The van der Waals surface area contributed by atoms with Crippen molar-refractivity contribution in [2.24, 2.45) is 0 Å². The Morgan fingerprint density at radius 2 is 2.00 bits per heavy atom. The molecule has 1 N–H and O–H groups in total. The molecule has 17 heavy (non-hydrogen) atoms. The third-order valence-electron chi connectivity index (χ3n) is 3.46. The fourth-order valence-electron chi connectivity index (χ4n) is 2.42. The monoisotopic (exact) mass is 240 g/mol. The molecule has 1 aliphatic heterocycles. The van der Waals surface area contributed by atoms with Crippen molar-refractivity contribution >= 4 is 11.8 Å². The van der Waals surface area contributed by atoms with E-state index in [-0.39, 0.29) is 29.9 Å². The number of hydrogen-bond donors (Lipinski definition) is 1. The lowest BCUT2D eigenvalue weighted by Crippen LogP contribution is -2.64. The number of carbonyl (C=O) groups is 2. The Labute approximate surface area is 104 Å². The van der Waals surface area contributed by atoms with Crippen molar-refractivity contribution in [3.63, 3.8) is 0 Å². The number of unbranched alkanes of at least 4 members (excludes halogenated alkanes) is 1. The molecule has 0 radical (unpaired) electrons. The van der Waals surface area contributed by atoms with Crippen molar-refractivity contribution in [2.45, 2.75) is 71.5 Å². The van der Waals surface area contributed by atoms with Gasteiger partial charge in [0.1, 0.15) is 12.1 Å². The number of nitrogens with one attached hydrogen (secondary N) is 1. The van der Waals surface area contributed by atoms with E-state index in [4.69, 9.17) is 0 Å². The molecule has 1 heterocycles. The number of amides is 2. The Hall–Kier alpha value is -1.06. The van der Waals surface area contributed by atoms with Gasteiger partial charge in [-0.25, -0.2) is 0 Å². The molecule has 1 aliphatic rings. The fraction of sp³-hybridized carbons (Fsp3) is 0.846. The second-order valence-corrected chi connectivity index (χ2v) is 4.89. The van der Waals surface area contributed by atoms with Gasteiger partial charge in [0, 0.05) is 6.04 Å². The molecule has 98 valence electrons. The first kappa shape index (κ1) is 14.0. The highest BCUT2D eigenvalue weighted by molar-refractivity contribution is 5.96. The van der Waals surface area contributed by atoms with E-state index in [9.17, 15) is 9.59 Å². The molecule has 0 aromatic rings. The molecule has 4 heteroatoms. The lowest BCUT2D eigenvalue weighted by molar-refractivity contribution is -0.151. The Bertz CT molecular complexity index is 291. The number of rotatable bonds is 5. The first-order valence-corrected chi connectivity index (χ1v) is 6.65. The minimum atomic E-state index is -0.380. The van der Waals surface area contributed by atoms with Crippen LogP contribution in [0.2, 0.25) is 0 Å². The van der Waals surface area contributed by atoms with E-state index in [0.717, 1.165) is 19.3 Å². The standard InChI is InChI=1S/C13H24N2O2/c1-5-7-8-9(3)15-11(6-2)12(16)14-10(4)13(15)17/h9-11H,5-8H2,1-4H3,(H,14,16). The van der Waals surface area contributed by atoms with Crippen LogP contribution in [0, 0.1) is 0 Å². The quantitative estimate of drug-likeness (QED) is 0.795. The third kappa shape index (κ3) is 2.99. The van der Waals surface area contributed by atoms with E-state index in [1.165, 1.54) is 0 Å². The SMILES string of the molecule is CCCCC(C)N1C(=O)C(C)NC(=O)C1CC. The van der Waals surface area contributed by atoms with Crippen LogP contribution in [-0.2, 0) is 9.59 Å². The van der Waals surface area contributed by atoms with E-state index >= 15 is 0 Å². The van der Waals surface area contributed by atoms with E-state index in [0.29, 0.717) is 6.42 Å². The van der Waals surface area contributed by atoms with Gasteiger partial charge in [0.25, 0.3) is 0 Å². The largest absolute Gasteiger partial charge is 0.343 e. The molecule has 0 aromatic carbocycles. The molecule has 4 nitrogen and oxygen atoms in total. The van der Waals surface area contributed by atoms with Gasteiger partial charge in [0.2, 0.25) is 11.8 Å². The van der Waals surface area contributed by atoms with Crippen LogP contribution in [0.25, 0.3) is 0 Å². The Morgan fingerprint density at radius 3 is 2.53 bits per heavy atom. The number of nitrogens with zero attached hydrogens (tertiary/aromatic N) is 1. The number of hydrogen-bond acceptors (Lipinski definition) is 2. The molecule has 1 rings (SSSR count). The molecule has 3 atom stereocenters. The van der Waals surface area contributed by atoms with Gasteiger partial charge in [0.05, 0.1) is 0 Å². The molecule has 1 saturated heterocycles. The van der Waals surface area contributed by atoms with Crippen LogP contribution in [0.4, 0.5) is 0 Å². The number of carbonyl (C=O) groups excluding carboxylic acids is 2. The Morgan fingerprint density at radius 1 is 1.35 bits per heavy atom. The smallest absolute Gasteiger partial charge is 0.245 e. The van der Waals surface area contributed by atoms with Crippen molar-refractivity contribution < 1.29 is 9.59 Å². The summed E-state index contributed by atoms with van der Waals surface area (Å²) in [5, 5.41) is 2.74. The third-order valence-corrected chi connectivity index (χ3v) is 3.46. The summed E-state index contributed by atoms with van der Waals surface area (Å²) in [5.41, 5.74) is 0. The predicted octanol–water partition coefficient (Wildman–Crippen LogP) is 1.69. The highest BCUT2D eigenvalue weighted by atomic mass is 16.2. The second-order valence-electron chi connectivity index (χ2n) is 4.89. The highest BCUT2D eigenvalue weighted by Crippen LogP contribution is 2.19. The van der Waals surface area contributed by atoms with Crippen LogP contribution in [0.1, 0.15) is 53.4 Å². The molecule has 0 aromatic heterocycles. The summed E-state index contributed by atoms with van der Waals surface area (Å²) in [5.74, 6) is 0.0444. The van der Waals surface area contributed by atoms with Crippen LogP contribution in [0.15, 0.2) is 0 Å². The molecule has 0 saturated carbocycles. The summed E-state index contributed by atoms with van der Waals surface area (Å²) < 4.78 is 0. The lowest BCUT2D eigenvalue weighted by atomic mass is 10.0. The maximum absolute atomic E-state index is 12.2. The summed E-state index contributed by atoms with van der Waals surface area (Å²) in [4.78, 5) is 25.8. The van der Waals surface area contributed by atoms with E-state index < -0.39 is 0 Å². The minimum absolute atomic E-state index is 0.0112. The predicted molar refractivity (Wildman–Crippen MR) is 67.5 cm³/mol. The van der Waals surface area contributed by atoms with E-state index in [1.54, 1.807) is 11.8 Å². The van der Waals surface area contributed by atoms with Crippen molar-refractivity contribution in [1.82, 2.24) is 10.2 Å². The summed E-state index contributed by atoms with van der Waals surface area (Å²) in [6.07, 6.45) is 3.86. The zero-order valence-corrected chi connectivity index (χ0v) is 11.3. The second kappa shape index (κ2) is 6.03. The molecule has 1 fully saturated rings. The summed E-state index contributed by atoms with van der Waals surface area (Å²) >= 11 is 0. The summed E-state index contributed by atoms with van der Waals surface area (Å²) in [6, 6.07) is -0.513. The van der Waals surface area contributed by atoms with Gasteiger partial charge in [-0.05, 0) is 26.7 Å². The fourth-order valence-corrected chi connectivity index (χ4v) is 2.42. The Balaban J connectivity index is 2.81. The van der Waals surface area contributed by atoms with Crippen LogP contribution in [0.3, 0.4) is 0 Å². The molecule has 2 amide bonds. The van der Waals surface area contributed by atoms with Gasteiger partial charge >= 0.3 is 0 Å². The van der Waals surface area contributed by atoms with E-state index in [2.05, 4.69) is 12.2 Å². The molecule has 0 bridgehead atoms. The summed E-state index contributed by atoms with van der Waals surface area (Å²) in [7, 11) is 0. The van der Waals surface area contributed by atoms with Crippen molar-refractivity contribution in [3.05, 3.63) is 0 Å². The van der Waals surface area contributed by atoms with Crippen molar-refractivity contribution in [1.29, 1.82) is 0 Å². The van der Waals surface area contributed by atoms with E-state index in [1.807, 2.05) is 13.8 Å². The average molecular weight is 240 g/mol. The minimum Gasteiger partial charge on any atom is -0.343 e. The van der Waals surface area contributed by atoms with Gasteiger partial charge in [0.15, 0.2) is 0 Å². The lowest BCUT2D eigenvalue weighted by Gasteiger charge is -2.41. The van der Waals surface area contributed by atoms with Crippen LogP contribution < -0.4 is 5.32 Å². The van der Waals surface area contributed by atoms with Crippen LogP contribution in [0.5, 0.6) is 0 Å². The molecular formula is C13H24N2O2. The van der Waals surface area contributed by atoms with Gasteiger partial charge < -0.3 is 10.2 Å². The Kier molecular flexibility index (Phi) is 4.97. The molecule has 0 aliphatic carbocycles. The normalized spacial score (nSPS) is 26.9. The molecular weight excluding hydrogens is 216 g/mol. The topological polar surface area (TPSA) is 49.4 Å². The van der Waals surface area contributed by atoms with Crippen molar-refractivity contribution in [3.8, 4) is 0 Å².